The van der Waals surface area contributed by atoms with Gasteiger partial charge in [0.2, 0.25) is 5.91 Å². The van der Waals surface area contributed by atoms with Crippen LogP contribution in [0.15, 0.2) is 36.3 Å². The van der Waals surface area contributed by atoms with Gasteiger partial charge in [0.05, 0.1) is 23.0 Å². The molecule has 204 valence electrons. The lowest BCUT2D eigenvalue weighted by atomic mass is 10.0. The summed E-state index contributed by atoms with van der Waals surface area (Å²) in [6.45, 7) is 2.29. The summed E-state index contributed by atoms with van der Waals surface area (Å²) >= 11 is 6.10. The molecule has 0 aliphatic carbocycles. The fraction of sp³-hybridized carbons (Fsp3) is 0.417. The number of hydrogen-bond acceptors (Lipinski definition) is 5. The highest BCUT2D eigenvalue weighted by molar-refractivity contribution is 6.32. The molecule has 0 saturated carbocycles. The van der Waals surface area contributed by atoms with Gasteiger partial charge in [-0.2, -0.15) is 13.2 Å². The predicted octanol–water partition coefficient (Wildman–Crippen LogP) is 4.47. The predicted molar refractivity (Wildman–Crippen MR) is 129 cm³/mol. The van der Waals surface area contributed by atoms with Crippen molar-refractivity contribution in [1.82, 2.24) is 14.8 Å². The Hall–Kier alpha value is -2.99. The first kappa shape index (κ1) is 30.2. The van der Waals surface area contributed by atoms with E-state index < -0.39 is 42.1 Å². The quantitative estimate of drug-likeness (QED) is 0.408. The van der Waals surface area contributed by atoms with Crippen molar-refractivity contribution in [2.24, 2.45) is 11.5 Å². The number of pyridine rings is 1. The molecule has 1 aliphatic rings. The van der Waals surface area contributed by atoms with Crippen LogP contribution in [0.4, 0.5) is 26.3 Å². The number of benzene rings is 1. The van der Waals surface area contributed by atoms with Crippen molar-refractivity contribution in [3.8, 4) is 0 Å². The summed E-state index contributed by atoms with van der Waals surface area (Å²) in [5.74, 6) is -4.11. The van der Waals surface area contributed by atoms with E-state index in [4.69, 9.17) is 23.1 Å². The maximum Gasteiger partial charge on any atom is 0.405 e. The van der Waals surface area contributed by atoms with Crippen LogP contribution in [-0.4, -0.2) is 59.1 Å². The number of alkyl halides is 3. The van der Waals surface area contributed by atoms with Gasteiger partial charge in [-0.1, -0.05) is 25.4 Å². The summed E-state index contributed by atoms with van der Waals surface area (Å²) < 4.78 is 79.9. The molecule has 1 saturated heterocycles. The van der Waals surface area contributed by atoms with Gasteiger partial charge in [0.1, 0.15) is 12.4 Å². The van der Waals surface area contributed by atoms with Crippen LogP contribution in [0.5, 0.6) is 0 Å². The largest absolute Gasteiger partial charge is 0.405 e. The van der Waals surface area contributed by atoms with Gasteiger partial charge in [0.15, 0.2) is 11.6 Å². The molecule has 1 unspecified atom stereocenters. The molecule has 1 aromatic carbocycles. The Morgan fingerprint density at radius 2 is 1.78 bits per heavy atom. The van der Waals surface area contributed by atoms with E-state index in [1.165, 1.54) is 23.4 Å². The highest BCUT2D eigenvalue weighted by Gasteiger charge is 2.36. The Morgan fingerprint density at radius 1 is 1.14 bits per heavy atom. The average Bonchev–Trinajstić information content (AvgIpc) is 2.83. The monoisotopic (exact) mass is 551 g/mol. The first-order valence-electron chi connectivity index (χ1n) is 11.4. The van der Waals surface area contributed by atoms with Crippen molar-refractivity contribution in [2.75, 3.05) is 26.2 Å². The molecular formula is C24H28ClF6N5O. The van der Waals surface area contributed by atoms with E-state index in [1.807, 2.05) is 13.8 Å². The number of hydrogen-bond donors (Lipinski definition) is 2. The fourth-order valence-electron chi connectivity index (χ4n) is 3.77. The average molecular weight is 552 g/mol. The molecule has 4 N–H and O–H groups in total. The number of carbonyl (C=O) groups is 1. The molecule has 1 fully saturated rings. The summed E-state index contributed by atoms with van der Waals surface area (Å²) in [6, 6.07) is 1.56. The van der Waals surface area contributed by atoms with Gasteiger partial charge in [-0.3, -0.25) is 9.78 Å². The molecule has 1 aromatic heterocycles. The van der Waals surface area contributed by atoms with Crippen LogP contribution >= 0.6 is 11.6 Å². The number of carbonyl (C=O) groups excluding carboxylic acids is 1. The first-order valence-corrected chi connectivity index (χ1v) is 11.8. The van der Waals surface area contributed by atoms with Crippen LogP contribution in [0.3, 0.4) is 0 Å². The first-order chi connectivity index (χ1) is 17.4. The van der Waals surface area contributed by atoms with E-state index in [9.17, 15) is 31.1 Å². The molecule has 1 atom stereocenters. The smallest absolute Gasteiger partial charge is 0.397 e. The van der Waals surface area contributed by atoms with Crippen molar-refractivity contribution in [2.45, 2.75) is 38.9 Å². The van der Waals surface area contributed by atoms with Gasteiger partial charge in [0.25, 0.3) is 0 Å². The van der Waals surface area contributed by atoms with E-state index >= 15 is 0 Å². The molecule has 0 spiro atoms. The zero-order valence-electron chi connectivity index (χ0n) is 20.3. The van der Waals surface area contributed by atoms with Crippen molar-refractivity contribution in [1.29, 1.82) is 0 Å². The summed E-state index contributed by atoms with van der Waals surface area (Å²) in [6.07, 6.45) is -2.40. The number of halogens is 7. The number of aromatic nitrogens is 1. The Bertz CT molecular complexity index is 1130. The molecule has 3 rings (SSSR count). The van der Waals surface area contributed by atoms with Crippen molar-refractivity contribution >= 4 is 23.2 Å². The lowest BCUT2D eigenvalue weighted by Crippen LogP contribution is -2.51. The minimum absolute atomic E-state index is 0.0349. The zero-order valence-corrected chi connectivity index (χ0v) is 21.0. The Balaban J connectivity index is 0.00000235. The Kier molecular flexibility index (Phi) is 10.6. The third kappa shape index (κ3) is 8.26. The van der Waals surface area contributed by atoms with E-state index in [2.05, 4.69) is 4.98 Å². The molecule has 6 nitrogen and oxygen atoms in total. The number of nitrogens with zero attached hydrogens (tertiary/aromatic N) is 3. The second-order valence-electron chi connectivity index (χ2n) is 8.09. The lowest BCUT2D eigenvalue weighted by molar-refractivity contribution is -0.146. The van der Waals surface area contributed by atoms with Crippen LogP contribution in [-0.2, 0) is 11.2 Å². The molecule has 2 aromatic rings. The maximum atomic E-state index is 13.9. The van der Waals surface area contributed by atoms with E-state index in [0.717, 1.165) is 4.90 Å². The molecule has 0 bridgehead atoms. The van der Waals surface area contributed by atoms with Crippen LogP contribution in [0.25, 0.3) is 5.70 Å². The lowest BCUT2D eigenvalue weighted by Gasteiger charge is -2.39. The Morgan fingerprint density at radius 3 is 2.41 bits per heavy atom. The standard InChI is InChI=1S/C22H22ClF6N5O.C2H6/c23-15-9-32-2-1-14(15)21(31)19-10-33(3-4-34(19)11-22(27,28)29)20(35)7-13(30)5-12-6-17(25)18(26)8-16(12)24;1-2/h1-2,6,8-9,13H,3-5,7,10-11,30-31H2;1-2H3/b21-19-;. The van der Waals surface area contributed by atoms with Gasteiger partial charge >= 0.3 is 6.18 Å². The second kappa shape index (κ2) is 13.0. The fourth-order valence-corrected chi connectivity index (χ4v) is 3.99. The normalized spacial score (nSPS) is 16.2. The van der Waals surface area contributed by atoms with Gasteiger partial charge in [-0.05, 0) is 24.1 Å². The van der Waals surface area contributed by atoms with Crippen LogP contribution in [0.2, 0.25) is 5.02 Å². The summed E-state index contributed by atoms with van der Waals surface area (Å²) in [4.78, 5) is 19.0. The number of nitrogens with two attached hydrogens (primary N) is 2. The molecule has 1 amide bonds. The minimum atomic E-state index is -4.52. The van der Waals surface area contributed by atoms with Gasteiger partial charge < -0.3 is 21.3 Å². The van der Waals surface area contributed by atoms with E-state index in [1.54, 1.807) is 0 Å². The van der Waals surface area contributed by atoms with Crippen molar-refractivity contribution < 1.29 is 31.1 Å². The topological polar surface area (TPSA) is 88.5 Å². The Labute approximate surface area is 215 Å². The van der Waals surface area contributed by atoms with E-state index in [0.29, 0.717) is 12.1 Å². The summed E-state index contributed by atoms with van der Waals surface area (Å²) in [7, 11) is 0. The van der Waals surface area contributed by atoms with Gasteiger partial charge in [-0.15, -0.1) is 0 Å². The molecule has 37 heavy (non-hydrogen) atoms. The number of amides is 1. The highest BCUT2D eigenvalue weighted by Crippen LogP contribution is 2.29. The van der Waals surface area contributed by atoms with Crippen molar-refractivity contribution in [3.05, 3.63) is 69.9 Å². The second-order valence-corrected chi connectivity index (χ2v) is 8.50. The molecule has 2 heterocycles. The number of rotatable bonds is 6. The highest BCUT2D eigenvalue weighted by atomic mass is 35.5. The maximum absolute atomic E-state index is 13.9. The third-order valence-electron chi connectivity index (χ3n) is 5.47. The third-order valence-corrected chi connectivity index (χ3v) is 5.77. The molecule has 13 heteroatoms. The molecular weight excluding hydrogens is 524 g/mol. The summed E-state index contributed by atoms with van der Waals surface area (Å²) in [5.41, 5.74) is 12.2. The summed E-state index contributed by atoms with van der Waals surface area (Å²) in [5, 5.41) is 0.128. The van der Waals surface area contributed by atoms with Gasteiger partial charge in [-0.25, -0.2) is 13.2 Å². The van der Waals surface area contributed by atoms with Crippen molar-refractivity contribution in [3.63, 3.8) is 0 Å². The zero-order chi connectivity index (χ0) is 27.9. The number of piperazine rings is 1. The molecule has 1 aliphatic heterocycles. The van der Waals surface area contributed by atoms with Crippen LogP contribution < -0.4 is 11.5 Å². The van der Waals surface area contributed by atoms with E-state index in [-0.39, 0.29) is 60.0 Å². The van der Waals surface area contributed by atoms with Crippen LogP contribution in [0, 0.1) is 17.5 Å². The minimum Gasteiger partial charge on any atom is -0.397 e. The van der Waals surface area contributed by atoms with Crippen LogP contribution in [0.1, 0.15) is 31.4 Å². The molecule has 0 radical (unpaired) electrons. The van der Waals surface area contributed by atoms with Gasteiger partial charge in [0, 0.05) is 49.6 Å². The SMILES string of the molecule is CC.N/C(=C1/CN(C(=O)CC(N)Cc2cc(F)c(F)cc2F)CCN1CC(F)(F)F)c1ccncc1Cl.